The Kier molecular flexibility index (Phi) is 8.84. The lowest BCUT2D eigenvalue weighted by Crippen LogP contribution is -2.43. The van der Waals surface area contributed by atoms with Gasteiger partial charge in [-0.2, -0.15) is 0 Å². The average Bonchev–Trinajstić information content (AvgIpc) is 2.27. The fraction of sp³-hybridized carbons (Fsp3) is 1.00. The summed E-state index contributed by atoms with van der Waals surface area (Å²) in [5.74, 6) is 0. The first-order chi connectivity index (χ1) is 7.55. The second kappa shape index (κ2) is 8.93. The van der Waals surface area contributed by atoms with Crippen molar-refractivity contribution in [2.45, 2.75) is 38.8 Å². The lowest BCUT2D eigenvalue weighted by atomic mass is 10.0. The van der Waals surface area contributed by atoms with E-state index in [4.69, 9.17) is 9.47 Å². The zero-order chi connectivity index (χ0) is 12.4. The van der Waals surface area contributed by atoms with E-state index in [-0.39, 0.29) is 11.6 Å². The maximum atomic E-state index is 5.25. The van der Waals surface area contributed by atoms with Crippen LogP contribution >= 0.6 is 0 Å². The molecule has 0 aliphatic carbocycles. The Morgan fingerprint density at radius 2 is 1.88 bits per heavy atom. The van der Waals surface area contributed by atoms with Crippen molar-refractivity contribution >= 4 is 0 Å². The Morgan fingerprint density at radius 3 is 2.38 bits per heavy atom. The Labute approximate surface area is 100 Å². The first-order valence-electron chi connectivity index (χ1n) is 6.03. The molecule has 2 N–H and O–H groups in total. The maximum absolute atomic E-state index is 5.25. The molecule has 4 nitrogen and oxygen atoms in total. The van der Waals surface area contributed by atoms with Gasteiger partial charge >= 0.3 is 0 Å². The molecule has 0 fully saturated rings. The molecule has 0 aliphatic rings. The van der Waals surface area contributed by atoms with Gasteiger partial charge < -0.3 is 20.1 Å². The zero-order valence-electron chi connectivity index (χ0n) is 11.4. The van der Waals surface area contributed by atoms with Gasteiger partial charge in [-0.25, -0.2) is 0 Å². The lowest BCUT2D eigenvalue weighted by Gasteiger charge is -2.25. The fourth-order valence-electron chi connectivity index (χ4n) is 1.27. The molecule has 0 aromatic carbocycles. The van der Waals surface area contributed by atoms with Crippen LogP contribution in [0, 0.1) is 0 Å². The fourth-order valence-corrected chi connectivity index (χ4v) is 1.27. The van der Waals surface area contributed by atoms with Crippen molar-refractivity contribution in [3.05, 3.63) is 0 Å². The van der Waals surface area contributed by atoms with Gasteiger partial charge in [-0.15, -0.1) is 0 Å². The third kappa shape index (κ3) is 8.05. The van der Waals surface area contributed by atoms with E-state index in [9.17, 15) is 0 Å². The van der Waals surface area contributed by atoms with E-state index in [0.29, 0.717) is 6.61 Å². The van der Waals surface area contributed by atoms with Gasteiger partial charge in [0, 0.05) is 39.4 Å². The van der Waals surface area contributed by atoms with Crippen LogP contribution in [0.3, 0.4) is 0 Å². The van der Waals surface area contributed by atoms with Crippen LogP contribution in [0.15, 0.2) is 0 Å². The Hall–Kier alpha value is -0.160. The summed E-state index contributed by atoms with van der Waals surface area (Å²) in [6.45, 7) is 10.0. The molecule has 1 atom stereocenters. The predicted octanol–water partition coefficient (Wildman–Crippen LogP) is 1.02. The number of ether oxygens (including phenoxy) is 2. The summed E-state index contributed by atoms with van der Waals surface area (Å²) >= 11 is 0. The molecule has 0 saturated heterocycles. The van der Waals surface area contributed by atoms with Crippen molar-refractivity contribution in [1.29, 1.82) is 0 Å². The molecule has 1 unspecified atom stereocenters. The minimum Gasteiger partial charge on any atom is -0.382 e. The summed E-state index contributed by atoms with van der Waals surface area (Å²) in [6, 6.07) is 0. The second-order valence-corrected chi connectivity index (χ2v) is 4.68. The number of hydrogen-bond acceptors (Lipinski definition) is 4. The summed E-state index contributed by atoms with van der Waals surface area (Å²) in [5.41, 5.74) is 0.231. The highest BCUT2D eigenvalue weighted by Crippen LogP contribution is 2.05. The first kappa shape index (κ1) is 15.8. The third-order valence-electron chi connectivity index (χ3n) is 2.85. The van der Waals surface area contributed by atoms with Crippen molar-refractivity contribution in [1.82, 2.24) is 10.6 Å². The van der Waals surface area contributed by atoms with Gasteiger partial charge in [0.25, 0.3) is 0 Å². The molecule has 0 heterocycles. The van der Waals surface area contributed by atoms with Crippen LogP contribution in [0.25, 0.3) is 0 Å². The van der Waals surface area contributed by atoms with Crippen molar-refractivity contribution < 1.29 is 9.47 Å². The number of methoxy groups -OCH3 is 2. The predicted molar refractivity (Wildman–Crippen MR) is 67.9 cm³/mol. The van der Waals surface area contributed by atoms with E-state index in [1.807, 2.05) is 0 Å². The highest BCUT2D eigenvalue weighted by atomic mass is 16.5. The van der Waals surface area contributed by atoms with Gasteiger partial charge in [0.05, 0.1) is 12.7 Å². The van der Waals surface area contributed by atoms with Gasteiger partial charge in [-0.05, 0) is 20.3 Å². The summed E-state index contributed by atoms with van der Waals surface area (Å²) in [7, 11) is 3.40. The van der Waals surface area contributed by atoms with Crippen molar-refractivity contribution in [2.75, 3.05) is 40.5 Å². The van der Waals surface area contributed by atoms with E-state index in [0.717, 1.165) is 26.1 Å². The van der Waals surface area contributed by atoms with Gasteiger partial charge in [0.1, 0.15) is 0 Å². The van der Waals surface area contributed by atoms with Crippen molar-refractivity contribution in [3.63, 3.8) is 0 Å². The Balaban J connectivity index is 3.45. The zero-order valence-corrected chi connectivity index (χ0v) is 11.4. The van der Waals surface area contributed by atoms with Gasteiger partial charge in [-0.1, -0.05) is 6.92 Å². The quantitative estimate of drug-likeness (QED) is 0.552. The highest BCUT2D eigenvalue weighted by molar-refractivity contribution is 4.75. The van der Waals surface area contributed by atoms with Gasteiger partial charge in [-0.3, -0.25) is 0 Å². The van der Waals surface area contributed by atoms with Gasteiger partial charge in [0.15, 0.2) is 0 Å². The van der Waals surface area contributed by atoms with Crippen LogP contribution in [-0.4, -0.2) is 52.1 Å². The molecule has 4 heteroatoms. The Morgan fingerprint density at radius 1 is 1.19 bits per heavy atom. The second-order valence-electron chi connectivity index (χ2n) is 4.68. The monoisotopic (exact) mass is 232 g/mol. The molecular weight excluding hydrogens is 204 g/mol. The van der Waals surface area contributed by atoms with Crippen LogP contribution in [0.5, 0.6) is 0 Å². The molecule has 0 amide bonds. The minimum absolute atomic E-state index is 0.143. The largest absolute Gasteiger partial charge is 0.382 e. The Bertz CT molecular complexity index is 163. The van der Waals surface area contributed by atoms with Crippen LogP contribution in [-0.2, 0) is 9.47 Å². The molecule has 0 aromatic rings. The van der Waals surface area contributed by atoms with Crippen LogP contribution in [0.4, 0.5) is 0 Å². The van der Waals surface area contributed by atoms with Crippen LogP contribution < -0.4 is 10.6 Å². The molecular formula is C12H28N2O2. The molecule has 98 valence electrons. The molecule has 16 heavy (non-hydrogen) atoms. The molecule has 0 rings (SSSR count). The minimum atomic E-state index is 0.143. The summed E-state index contributed by atoms with van der Waals surface area (Å²) in [5, 5.41) is 6.85. The van der Waals surface area contributed by atoms with E-state index < -0.39 is 0 Å². The molecule has 0 spiro atoms. The number of rotatable bonds is 10. The SMILES string of the molecule is CCC(C)(C)NCCNCC(COC)OC. The van der Waals surface area contributed by atoms with E-state index in [1.54, 1.807) is 14.2 Å². The van der Waals surface area contributed by atoms with Crippen LogP contribution in [0.1, 0.15) is 27.2 Å². The topological polar surface area (TPSA) is 42.5 Å². The highest BCUT2D eigenvalue weighted by Gasteiger charge is 2.12. The van der Waals surface area contributed by atoms with E-state index in [1.165, 1.54) is 0 Å². The summed E-state index contributed by atoms with van der Waals surface area (Å²) < 4.78 is 10.3. The average molecular weight is 232 g/mol. The molecule has 0 bridgehead atoms. The first-order valence-corrected chi connectivity index (χ1v) is 6.03. The van der Waals surface area contributed by atoms with Crippen LogP contribution in [0.2, 0.25) is 0 Å². The number of hydrogen-bond donors (Lipinski definition) is 2. The van der Waals surface area contributed by atoms with E-state index >= 15 is 0 Å². The smallest absolute Gasteiger partial charge is 0.0928 e. The van der Waals surface area contributed by atoms with Crippen molar-refractivity contribution in [2.24, 2.45) is 0 Å². The lowest BCUT2D eigenvalue weighted by molar-refractivity contribution is 0.0290. The third-order valence-corrected chi connectivity index (χ3v) is 2.85. The van der Waals surface area contributed by atoms with Gasteiger partial charge in [0.2, 0.25) is 0 Å². The van der Waals surface area contributed by atoms with Crippen molar-refractivity contribution in [3.8, 4) is 0 Å². The molecule has 0 aromatic heterocycles. The molecule has 0 saturated carbocycles. The molecule has 0 radical (unpaired) electrons. The number of nitrogens with one attached hydrogen (secondary N) is 2. The summed E-state index contributed by atoms with van der Waals surface area (Å²) in [6.07, 6.45) is 1.28. The van der Waals surface area contributed by atoms with E-state index in [2.05, 4.69) is 31.4 Å². The standard InChI is InChI=1S/C12H28N2O2/c1-6-12(2,3)14-8-7-13-9-11(16-5)10-15-4/h11,13-14H,6-10H2,1-5H3. The normalized spacial score (nSPS) is 14.1. The maximum Gasteiger partial charge on any atom is 0.0928 e. The summed E-state index contributed by atoms with van der Waals surface area (Å²) in [4.78, 5) is 0. The molecule has 0 aliphatic heterocycles.